The van der Waals surface area contributed by atoms with E-state index in [1.54, 1.807) is 11.9 Å². The Morgan fingerprint density at radius 3 is 2.56 bits per heavy atom. The zero-order chi connectivity index (χ0) is 18.0. The third-order valence-electron chi connectivity index (χ3n) is 4.33. The number of aromatic nitrogens is 6. The third-order valence-corrected chi connectivity index (χ3v) is 4.33. The van der Waals surface area contributed by atoms with Crippen LogP contribution in [0.3, 0.4) is 0 Å². The molecule has 1 aromatic carbocycles. The molecule has 3 aromatic rings. The maximum atomic E-state index is 12.6. The molecule has 2 heterocycles. The number of aryl methyl sites for hydroxylation is 2. The van der Waals surface area contributed by atoms with Gasteiger partial charge in [-0.3, -0.25) is 9.48 Å². The molecule has 0 fully saturated rings. The zero-order valence-electron chi connectivity index (χ0n) is 14.8. The number of carbonyl (C=O) groups excluding carboxylic acids is 1. The summed E-state index contributed by atoms with van der Waals surface area (Å²) in [6.45, 7) is 4.55. The standard InChI is InChI=1S/C17H21N7O/c1-12-15(13(2)23(4)19-12)10-22(3)16(25)11-24-17(18-20-21-24)14-8-6-5-7-9-14/h5-9H,10-11H2,1-4H3. The first-order valence-electron chi connectivity index (χ1n) is 8.02. The second-order valence-electron chi connectivity index (χ2n) is 6.05. The van der Waals surface area contributed by atoms with Crippen molar-refractivity contribution < 1.29 is 4.79 Å². The summed E-state index contributed by atoms with van der Waals surface area (Å²) in [6.07, 6.45) is 0. The van der Waals surface area contributed by atoms with Gasteiger partial charge in [0.25, 0.3) is 0 Å². The minimum atomic E-state index is -0.0628. The molecule has 0 radical (unpaired) electrons. The van der Waals surface area contributed by atoms with Crippen molar-refractivity contribution >= 4 is 5.91 Å². The summed E-state index contributed by atoms with van der Waals surface area (Å²) in [5, 5.41) is 16.1. The van der Waals surface area contributed by atoms with E-state index in [1.807, 2.05) is 55.9 Å². The van der Waals surface area contributed by atoms with E-state index in [4.69, 9.17) is 0 Å². The van der Waals surface area contributed by atoms with Gasteiger partial charge in [-0.05, 0) is 24.3 Å². The highest BCUT2D eigenvalue weighted by Gasteiger charge is 2.18. The molecule has 0 saturated carbocycles. The summed E-state index contributed by atoms with van der Waals surface area (Å²) >= 11 is 0. The fourth-order valence-electron chi connectivity index (χ4n) is 2.73. The highest BCUT2D eigenvalue weighted by atomic mass is 16.2. The van der Waals surface area contributed by atoms with Gasteiger partial charge in [0, 0.05) is 37.5 Å². The van der Waals surface area contributed by atoms with E-state index in [9.17, 15) is 4.79 Å². The monoisotopic (exact) mass is 339 g/mol. The number of carbonyl (C=O) groups is 1. The molecule has 0 spiro atoms. The minimum Gasteiger partial charge on any atom is -0.340 e. The molecule has 0 atom stereocenters. The van der Waals surface area contributed by atoms with Crippen LogP contribution in [-0.2, 0) is 24.9 Å². The largest absolute Gasteiger partial charge is 0.340 e. The van der Waals surface area contributed by atoms with Gasteiger partial charge in [-0.15, -0.1) is 5.10 Å². The maximum Gasteiger partial charge on any atom is 0.244 e. The maximum absolute atomic E-state index is 12.6. The quantitative estimate of drug-likeness (QED) is 0.701. The number of hydrogen-bond acceptors (Lipinski definition) is 5. The summed E-state index contributed by atoms with van der Waals surface area (Å²) in [6, 6.07) is 9.58. The number of rotatable bonds is 5. The molecular weight excluding hydrogens is 318 g/mol. The molecular formula is C17H21N7O. The van der Waals surface area contributed by atoms with Crippen molar-refractivity contribution in [1.82, 2.24) is 34.9 Å². The lowest BCUT2D eigenvalue weighted by atomic mass is 10.2. The third kappa shape index (κ3) is 3.42. The normalized spacial score (nSPS) is 10.9. The predicted molar refractivity (Wildman–Crippen MR) is 92.4 cm³/mol. The molecule has 8 heteroatoms. The second-order valence-corrected chi connectivity index (χ2v) is 6.05. The van der Waals surface area contributed by atoms with Gasteiger partial charge in [0.15, 0.2) is 5.82 Å². The van der Waals surface area contributed by atoms with E-state index in [0.717, 1.165) is 22.5 Å². The first-order valence-corrected chi connectivity index (χ1v) is 8.02. The average molecular weight is 339 g/mol. The smallest absolute Gasteiger partial charge is 0.244 e. The Balaban J connectivity index is 1.74. The molecule has 2 aromatic heterocycles. The van der Waals surface area contributed by atoms with Crippen LogP contribution in [0.2, 0.25) is 0 Å². The summed E-state index contributed by atoms with van der Waals surface area (Å²) in [7, 11) is 3.68. The van der Waals surface area contributed by atoms with Crippen LogP contribution in [0, 0.1) is 13.8 Å². The van der Waals surface area contributed by atoms with Gasteiger partial charge in [0.2, 0.25) is 5.91 Å². The van der Waals surface area contributed by atoms with Gasteiger partial charge in [0.05, 0.1) is 5.69 Å². The minimum absolute atomic E-state index is 0.0628. The van der Waals surface area contributed by atoms with Crippen molar-refractivity contribution in [1.29, 1.82) is 0 Å². The van der Waals surface area contributed by atoms with Gasteiger partial charge in [-0.2, -0.15) is 5.10 Å². The summed E-state index contributed by atoms with van der Waals surface area (Å²) < 4.78 is 3.36. The summed E-state index contributed by atoms with van der Waals surface area (Å²) in [4.78, 5) is 14.3. The van der Waals surface area contributed by atoms with E-state index in [1.165, 1.54) is 4.68 Å². The molecule has 0 N–H and O–H groups in total. The van der Waals surface area contributed by atoms with Gasteiger partial charge in [0.1, 0.15) is 6.54 Å². The van der Waals surface area contributed by atoms with E-state index in [0.29, 0.717) is 12.4 Å². The van der Waals surface area contributed by atoms with Gasteiger partial charge in [-0.25, -0.2) is 4.68 Å². The number of benzene rings is 1. The van der Waals surface area contributed by atoms with Crippen molar-refractivity contribution in [3.8, 4) is 11.4 Å². The molecule has 0 unspecified atom stereocenters. The highest BCUT2D eigenvalue weighted by molar-refractivity contribution is 5.76. The van der Waals surface area contributed by atoms with Gasteiger partial charge in [-0.1, -0.05) is 30.3 Å². The SMILES string of the molecule is Cc1nn(C)c(C)c1CN(C)C(=O)Cn1nnnc1-c1ccccc1. The Hall–Kier alpha value is -3.03. The molecule has 3 rings (SSSR count). The summed E-state index contributed by atoms with van der Waals surface area (Å²) in [5.41, 5.74) is 3.94. The molecule has 0 saturated heterocycles. The number of amides is 1. The lowest BCUT2D eigenvalue weighted by molar-refractivity contribution is -0.131. The first-order chi connectivity index (χ1) is 12.0. The van der Waals surface area contributed by atoms with Crippen LogP contribution in [0.4, 0.5) is 0 Å². The average Bonchev–Trinajstić information content (AvgIpc) is 3.15. The number of tetrazole rings is 1. The van der Waals surface area contributed by atoms with Crippen molar-refractivity contribution in [2.45, 2.75) is 26.9 Å². The Bertz CT molecular complexity index is 882. The van der Waals surface area contributed by atoms with Crippen LogP contribution < -0.4 is 0 Å². The summed E-state index contributed by atoms with van der Waals surface area (Å²) in [5.74, 6) is 0.517. The predicted octanol–water partition coefficient (Wildman–Crippen LogP) is 1.35. The Morgan fingerprint density at radius 2 is 1.92 bits per heavy atom. The second kappa shape index (κ2) is 6.84. The Labute approximate surface area is 146 Å². The van der Waals surface area contributed by atoms with E-state index in [2.05, 4.69) is 20.6 Å². The Morgan fingerprint density at radius 1 is 1.20 bits per heavy atom. The van der Waals surface area contributed by atoms with E-state index < -0.39 is 0 Å². The van der Waals surface area contributed by atoms with Crippen molar-refractivity contribution in [2.75, 3.05) is 7.05 Å². The van der Waals surface area contributed by atoms with E-state index in [-0.39, 0.29) is 12.5 Å². The first kappa shape index (κ1) is 16.8. The van der Waals surface area contributed by atoms with Crippen LogP contribution in [0.15, 0.2) is 30.3 Å². The van der Waals surface area contributed by atoms with Gasteiger partial charge >= 0.3 is 0 Å². The van der Waals surface area contributed by atoms with Crippen molar-refractivity contribution in [3.63, 3.8) is 0 Å². The van der Waals surface area contributed by atoms with E-state index >= 15 is 0 Å². The van der Waals surface area contributed by atoms with Crippen molar-refractivity contribution in [2.24, 2.45) is 7.05 Å². The highest BCUT2D eigenvalue weighted by Crippen LogP contribution is 2.16. The fraction of sp³-hybridized carbons (Fsp3) is 0.353. The molecule has 8 nitrogen and oxygen atoms in total. The van der Waals surface area contributed by atoms with Crippen molar-refractivity contribution in [3.05, 3.63) is 47.3 Å². The Kier molecular flexibility index (Phi) is 4.60. The van der Waals surface area contributed by atoms with Crippen LogP contribution in [0.25, 0.3) is 11.4 Å². The topological polar surface area (TPSA) is 81.7 Å². The molecule has 1 amide bonds. The number of likely N-dealkylation sites (N-methyl/N-ethyl adjacent to an activating group) is 1. The molecule has 25 heavy (non-hydrogen) atoms. The van der Waals surface area contributed by atoms with Crippen LogP contribution in [0.5, 0.6) is 0 Å². The molecule has 130 valence electrons. The molecule has 0 bridgehead atoms. The fourth-order valence-corrected chi connectivity index (χ4v) is 2.73. The van der Waals surface area contributed by atoms with Crippen LogP contribution in [0.1, 0.15) is 17.0 Å². The zero-order valence-corrected chi connectivity index (χ0v) is 14.8. The van der Waals surface area contributed by atoms with Gasteiger partial charge < -0.3 is 4.90 Å². The lowest BCUT2D eigenvalue weighted by Gasteiger charge is -2.17. The van der Waals surface area contributed by atoms with Crippen LogP contribution >= 0.6 is 0 Å². The lowest BCUT2D eigenvalue weighted by Crippen LogP contribution is -2.30. The molecule has 0 aliphatic heterocycles. The molecule has 0 aliphatic rings. The number of nitrogens with zero attached hydrogens (tertiary/aromatic N) is 7. The number of hydrogen-bond donors (Lipinski definition) is 0. The molecule has 0 aliphatic carbocycles. The van der Waals surface area contributed by atoms with Crippen LogP contribution in [-0.4, -0.2) is 47.8 Å².